The van der Waals surface area contributed by atoms with E-state index >= 15 is 0 Å². The summed E-state index contributed by atoms with van der Waals surface area (Å²) in [5.74, 6) is 2.56. The van der Waals surface area contributed by atoms with Crippen LogP contribution in [0.4, 0.5) is 0 Å². The van der Waals surface area contributed by atoms with E-state index in [0.29, 0.717) is 35.1 Å². The van der Waals surface area contributed by atoms with Crippen molar-refractivity contribution in [2.24, 2.45) is 23.7 Å². The van der Waals surface area contributed by atoms with Gasteiger partial charge in [0.1, 0.15) is 17.3 Å². The second kappa shape index (κ2) is 31.9. The Kier molecular flexibility index (Phi) is 49.1. The van der Waals surface area contributed by atoms with Crippen molar-refractivity contribution in [2.45, 2.75) is 119 Å². The molecule has 3 fully saturated rings. The van der Waals surface area contributed by atoms with Gasteiger partial charge in [0.05, 0.1) is 0 Å². The molecule has 4 unspecified atom stereocenters. The summed E-state index contributed by atoms with van der Waals surface area (Å²) in [5.41, 5.74) is 0. The number of rotatable bonds is 3. The third kappa shape index (κ3) is 24.6. The van der Waals surface area contributed by atoms with Gasteiger partial charge in [-0.2, -0.15) is 0 Å². The topological polar surface area (TPSA) is 87.3 Å². The molecule has 3 aliphatic rings. The Labute approximate surface area is 229 Å². The molecule has 0 bridgehead atoms. The van der Waals surface area contributed by atoms with E-state index in [0.717, 1.165) is 71.4 Å². The summed E-state index contributed by atoms with van der Waals surface area (Å²) in [7, 11) is 0. The highest BCUT2D eigenvalue weighted by Crippen LogP contribution is 2.16. The van der Waals surface area contributed by atoms with Gasteiger partial charge >= 0.3 is 0 Å². The molecule has 36 heavy (non-hydrogen) atoms. The summed E-state index contributed by atoms with van der Waals surface area (Å²) in [6, 6.07) is 0. The van der Waals surface area contributed by atoms with Crippen molar-refractivity contribution in [2.75, 3.05) is 39.3 Å². The second-order valence-electron chi connectivity index (χ2n) is 8.61. The van der Waals surface area contributed by atoms with E-state index < -0.39 is 0 Å². The Morgan fingerprint density at radius 1 is 0.528 bits per heavy atom. The number of nitrogens with one attached hydrogen (secondary N) is 3. The summed E-state index contributed by atoms with van der Waals surface area (Å²) >= 11 is 0. The maximum atomic E-state index is 10.9. The summed E-state index contributed by atoms with van der Waals surface area (Å²) in [6.45, 7) is 13.2. The zero-order chi connectivity index (χ0) is 20.9. The lowest BCUT2D eigenvalue weighted by Crippen LogP contribution is -2.37. The van der Waals surface area contributed by atoms with E-state index in [1.807, 2.05) is 0 Å². The van der Waals surface area contributed by atoms with Gasteiger partial charge in [0.25, 0.3) is 0 Å². The molecule has 0 spiro atoms. The van der Waals surface area contributed by atoms with Crippen LogP contribution >= 0.6 is 0 Å². The maximum absolute atomic E-state index is 10.9. The van der Waals surface area contributed by atoms with Crippen LogP contribution in [0.2, 0.25) is 0 Å². The molecule has 226 valence electrons. The molecular formula is C30H73N3O3. The molecule has 3 N–H and O–H groups in total. The predicted octanol–water partition coefficient (Wildman–Crippen LogP) is 7.06. The van der Waals surface area contributed by atoms with Crippen LogP contribution in [0.3, 0.4) is 0 Å². The molecular weight excluding hydrogens is 450 g/mol. The fraction of sp³-hybridized carbons (Fsp3) is 0.900. The van der Waals surface area contributed by atoms with Crippen molar-refractivity contribution in [3.8, 4) is 0 Å². The summed E-state index contributed by atoms with van der Waals surface area (Å²) in [5, 5.41) is 9.64. The van der Waals surface area contributed by atoms with Crippen LogP contribution in [0.15, 0.2) is 0 Å². The fourth-order valence-electron chi connectivity index (χ4n) is 3.86. The van der Waals surface area contributed by atoms with Gasteiger partial charge in [0.2, 0.25) is 0 Å². The highest BCUT2D eigenvalue weighted by Gasteiger charge is 2.21. The first-order valence-electron chi connectivity index (χ1n) is 10.9. The van der Waals surface area contributed by atoms with E-state index in [2.05, 4.69) is 22.9 Å². The molecule has 0 aromatic carbocycles. The molecule has 0 aliphatic carbocycles. The van der Waals surface area contributed by atoms with Crippen molar-refractivity contribution in [1.29, 1.82) is 0 Å². The monoisotopic (exact) mass is 524 g/mol. The fourth-order valence-corrected chi connectivity index (χ4v) is 3.86. The number of ketones is 3. The van der Waals surface area contributed by atoms with E-state index in [4.69, 9.17) is 0 Å². The number of Topliss-reactive ketones (excluding diaryl/α,β-unsaturated/α-hetero) is 3. The van der Waals surface area contributed by atoms with E-state index in [1.54, 1.807) is 20.8 Å². The molecule has 3 aliphatic heterocycles. The minimum atomic E-state index is 0. The molecule has 0 amide bonds. The molecule has 0 aromatic heterocycles. The van der Waals surface area contributed by atoms with Gasteiger partial charge < -0.3 is 16.0 Å². The molecule has 4 atom stereocenters. The van der Waals surface area contributed by atoms with Crippen LogP contribution in [0.25, 0.3) is 0 Å². The number of carbonyl (C=O) groups excluding carboxylic acids is 3. The van der Waals surface area contributed by atoms with Crippen LogP contribution in [-0.4, -0.2) is 56.6 Å². The SMILES string of the molecule is C.C.C.C.C.C.C.C.CC(=O)C1CCCNC1.CC(=O)C1CCCNC1.CC(=O)C1CNCC(C)C1. The maximum Gasteiger partial charge on any atom is 0.134 e. The first-order chi connectivity index (χ1) is 13.3. The van der Waals surface area contributed by atoms with E-state index in [9.17, 15) is 14.4 Å². The van der Waals surface area contributed by atoms with Gasteiger partial charge in [-0.1, -0.05) is 66.3 Å². The third-order valence-electron chi connectivity index (χ3n) is 5.89. The van der Waals surface area contributed by atoms with E-state index in [1.165, 1.54) is 0 Å². The Bertz CT molecular complexity index is 458. The second-order valence-corrected chi connectivity index (χ2v) is 8.61. The number of carbonyl (C=O) groups is 3. The Morgan fingerprint density at radius 2 is 0.861 bits per heavy atom. The first-order valence-corrected chi connectivity index (χ1v) is 10.9. The van der Waals surface area contributed by atoms with Gasteiger partial charge in [-0.25, -0.2) is 0 Å². The average Bonchev–Trinajstić information content (AvgIpc) is 2.70. The lowest BCUT2D eigenvalue weighted by Gasteiger charge is -2.25. The van der Waals surface area contributed by atoms with Crippen LogP contribution in [-0.2, 0) is 14.4 Å². The zero-order valence-corrected chi connectivity index (χ0v) is 18.3. The highest BCUT2D eigenvalue weighted by molar-refractivity contribution is 5.79. The minimum Gasteiger partial charge on any atom is -0.316 e. The Morgan fingerprint density at radius 3 is 1.06 bits per heavy atom. The molecule has 6 heteroatoms. The van der Waals surface area contributed by atoms with Crippen molar-refractivity contribution < 1.29 is 14.4 Å². The summed E-state index contributed by atoms with van der Waals surface area (Å²) < 4.78 is 0. The van der Waals surface area contributed by atoms with Gasteiger partial charge in [-0.3, -0.25) is 14.4 Å². The quantitative estimate of drug-likeness (QED) is 0.367. The summed E-state index contributed by atoms with van der Waals surface area (Å²) in [4.78, 5) is 32.4. The molecule has 3 heterocycles. The Balaban J connectivity index is -0.0000000491. The van der Waals surface area contributed by atoms with Crippen molar-refractivity contribution >= 4 is 17.3 Å². The van der Waals surface area contributed by atoms with Crippen LogP contribution in [0, 0.1) is 23.7 Å². The minimum absolute atomic E-state index is 0. The van der Waals surface area contributed by atoms with Crippen LogP contribution in [0.1, 0.15) is 119 Å². The van der Waals surface area contributed by atoms with Gasteiger partial charge in [0, 0.05) is 37.4 Å². The molecule has 0 saturated carbocycles. The van der Waals surface area contributed by atoms with Gasteiger partial charge in [-0.15, -0.1) is 0 Å². The largest absolute Gasteiger partial charge is 0.316 e. The van der Waals surface area contributed by atoms with Gasteiger partial charge in [-0.05, 0) is 78.4 Å². The van der Waals surface area contributed by atoms with E-state index in [-0.39, 0.29) is 65.3 Å². The van der Waals surface area contributed by atoms with Crippen molar-refractivity contribution in [1.82, 2.24) is 16.0 Å². The van der Waals surface area contributed by atoms with Crippen molar-refractivity contribution in [3.05, 3.63) is 0 Å². The zero-order valence-electron chi connectivity index (χ0n) is 18.3. The van der Waals surface area contributed by atoms with Crippen molar-refractivity contribution in [3.63, 3.8) is 0 Å². The summed E-state index contributed by atoms with van der Waals surface area (Å²) in [6.07, 6.45) is 5.56. The lowest BCUT2D eigenvalue weighted by atomic mass is 9.89. The first kappa shape index (κ1) is 55.4. The molecule has 3 rings (SSSR count). The third-order valence-corrected chi connectivity index (χ3v) is 5.89. The lowest BCUT2D eigenvalue weighted by molar-refractivity contribution is -0.122. The van der Waals surface area contributed by atoms with Gasteiger partial charge in [0.15, 0.2) is 0 Å². The molecule has 6 nitrogen and oxygen atoms in total. The van der Waals surface area contributed by atoms with Crippen LogP contribution < -0.4 is 16.0 Å². The molecule has 0 radical (unpaired) electrons. The van der Waals surface area contributed by atoms with Crippen LogP contribution in [0.5, 0.6) is 0 Å². The Hall–Kier alpha value is -1.11. The predicted molar refractivity (Wildman–Crippen MR) is 167 cm³/mol. The molecule has 3 saturated heterocycles. The normalized spacial score (nSPS) is 23.3. The standard InChI is InChI=1S/C8H15NO.2C7H13NO.8CH4/c1-6-3-8(7(2)10)5-9-4-6;2*1-6(9)7-3-2-4-8-5-7;;;;;;;;/h6,8-9H,3-5H2,1-2H3;2*7-8H,2-5H2,1H3;8*1H4. The number of hydrogen-bond donors (Lipinski definition) is 3. The number of piperidine rings is 3. The number of hydrogen-bond acceptors (Lipinski definition) is 6. The average molecular weight is 524 g/mol. The smallest absolute Gasteiger partial charge is 0.134 e. The highest BCUT2D eigenvalue weighted by atomic mass is 16.1. The molecule has 0 aromatic rings.